The molecule has 158 valence electrons. The molecule has 3 rings (SSSR count). The summed E-state index contributed by atoms with van der Waals surface area (Å²) in [6, 6.07) is 12.9. The molecule has 0 aromatic heterocycles. The highest BCUT2D eigenvalue weighted by molar-refractivity contribution is 5.95. The van der Waals surface area contributed by atoms with Gasteiger partial charge in [-0.05, 0) is 55.2 Å². The normalized spacial score (nSPS) is 14.3. The third-order valence-electron chi connectivity index (χ3n) is 5.22. The third-order valence-corrected chi connectivity index (χ3v) is 5.22. The Labute approximate surface area is 175 Å². The van der Waals surface area contributed by atoms with Gasteiger partial charge < -0.3 is 15.0 Å². The Morgan fingerprint density at radius 1 is 1.07 bits per heavy atom. The molecular weight excluding hydrogens is 387 g/mol. The van der Waals surface area contributed by atoms with Crippen molar-refractivity contribution in [1.82, 2.24) is 4.90 Å². The molecule has 1 saturated heterocycles. The van der Waals surface area contributed by atoms with Crippen LogP contribution in [0.4, 0.5) is 10.1 Å². The van der Waals surface area contributed by atoms with E-state index in [0.717, 1.165) is 12.0 Å². The van der Waals surface area contributed by atoms with Crippen molar-refractivity contribution in [1.29, 1.82) is 0 Å². The quantitative estimate of drug-likeness (QED) is 0.738. The van der Waals surface area contributed by atoms with E-state index in [1.54, 1.807) is 4.90 Å². The average molecular weight is 412 g/mol. The fourth-order valence-electron chi connectivity index (χ4n) is 3.48. The minimum absolute atomic E-state index is 0.184. The first-order valence-corrected chi connectivity index (χ1v) is 10.1. The molecule has 1 aliphatic heterocycles. The summed E-state index contributed by atoms with van der Waals surface area (Å²) in [6.45, 7) is 2.47. The maximum atomic E-state index is 13.0. The van der Waals surface area contributed by atoms with Gasteiger partial charge in [-0.25, -0.2) is 4.39 Å². The van der Waals surface area contributed by atoms with Crippen molar-refractivity contribution in [2.75, 3.05) is 25.0 Å². The third kappa shape index (κ3) is 5.43. The van der Waals surface area contributed by atoms with Crippen LogP contribution in [-0.2, 0) is 20.7 Å². The van der Waals surface area contributed by atoms with Crippen LogP contribution in [0.3, 0.4) is 0 Å². The lowest BCUT2D eigenvalue weighted by Crippen LogP contribution is -2.41. The molecule has 0 unspecified atom stereocenters. The number of hydrogen-bond acceptors (Lipinski definition) is 4. The minimum atomic E-state index is -0.428. The molecule has 1 fully saturated rings. The van der Waals surface area contributed by atoms with Gasteiger partial charge in [0.15, 0.2) is 6.61 Å². The van der Waals surface area contributed by atoms with Crippen LogP contribution in [0.2, 0.25) is 0 Å². The number of hydrogen-bond donors (Lipinski definition) is 1. The molecule has 2 aromatic carbocycles. The molecule has 0 radical (unpaired) electrons. The smallest absolute Gasteiger partial charge is 0.309 e. The van der Waals surface area contributed by atoms with Gasteiger partial charge in [-0.2, -0.15) is 0 Å². The van der Waals surface area contributed by atoms with Crippen molar-refractivity contribution in [3.8, 4) is 0 Å². The van der Waals surface area contributed by atoms with Crippen molar-refractivity contribution >= 4 is 23.5 Å². The summed E-state index contributed by atoms with van der Waals surface area (Å²) in [7, 11) is 0. The highest BCUT2D eigenvalue weighted by Gasteiger charge is 2.29. The van der Waals surface area contributed by atoms with E-state index < -0.39 is 11.8 Å². The van der Waals surface area contributed by atoms with Gasteiger partial charge in [0.2, 0.25) is 0 Å². The summed E-state index contributed by atoms with van der Waals surface area (Å²) < 4.78 is 18.2. The monoisotopic (exact) mass is 412 g/mol. The van der Waals surface area contributed by atoms with Crippen molar-refractivity contribution in [3.05, 3.63) is 65.5 Å². The number of halogens is 1. The summed E-state index contributed by atoms with van der Waals surface area (Å²) in [5.41, 5.74) is 2.14. The number of carbonyl (C=O) groups excluding carboxylic acids is 3. The molecule has 7 heteroatoms. The Bertz CT molecular complexity index is 906. The number of benzene rings is 2. The van der Waals surface area contributed by atoms with E-state index in [1.807, 2.05) is 31.2 Å². The van der Waals surface area contributed by atoms with Crippen LogP contribution in [0.15, 0.2) is 48.5 Å². The number of nitrogens with one attached hydrogen (secondary N) is 1. The van der Waals surface area contributed by atoms with Crippen LogP contribution >= 0.6 is 0 Å². The highest BCUT2D eigenvalue weighted by Crippen LogP contribution is 2.21. The number of nitrogens with zero attached hydrogens (tertiary/aromatic N) is 1. The molecule has 6 nitrogen and oxygen atoms in total. The van der Waals surface area contributed by atoms with Gasteiger partial charge in [-0.15, -0.1) is 0 Å². The van der Waals surface area contributed by atoms with E-state index in [2.05, 4.69) is 5.32 Å². The number of carbonyl (C=O) groups is 3. The number of para-hydroxylation sites is 1. The molecule has 30 heavy (non-hydrogen) atoms. The largest absolute Gasteiger partial charge is 0.455 e. The van der Waals surface area contributed by atoms with E-state index in [4.69, 9.17) is 4.74 Å². The SMILES string of the molecule is CCc1ccccc1NC(=O)COC(=O)C1CCN(C(=O)c2ccc(F)cc2)CC1. The molecular formula is C23H25FN2O4. The Morgan fingerprint density at radius 2 is 1.73 bits per heavy atom. The molecule has 2 amide bonds. The molecule has 0 atom stereocenters. The van der Waals surface area contributed by atoms with Crippen molar-refractivity contribution < 1.29 is 23.5 Å². The lowest BCUT2D eigenvalue weighted by atomic mass is 9.96. The summed E-state index contributed by atoms with van der Waals surface area (Å²) in [4.78, 5) is 38.5. The summed E-state index contributed by atoms with van der Waals surface area (Å²) >= 11 is 0. The first-order chi connectivity index (χ1) is 14.5. The van der Waals surface area contributed by atoms with Gasteiger partial charge >= 0.3 is 5.97 Å². The predicted molar refractivity (Wildman–Crippen MR) is 110 cm³/mol. The highest BCUT2D eigenvalue weighted by atomic mass is 19.1. The average Bonchev–Trinajstić information content (AvgIpc) is 2.78. The molecule has 1 N–H and O–H groups in total. The molecule has 0 spiro atoms. The van der Waals surface area contributed by atoms with Gasteiger partial charge in [0.25, 0.3) is 11.8 Å². The van der Waals surface area contributed by atoms with Crippen LogP contribution in [0.5, 0.6) is 0 Å². The zero-order valence-electron chi connectivity index (χ0n) is 16.9. The van der Waals surface area contributed by atoms with E-state index in [1.165, 1.54) is 24.3 Å². The number of rotatable bonds is 6. The van der Waals surface area contributed by atoms with E-state index in [0.29, 0.717) is 37.2 Å². The number of piperidine rings is 1. The van der Waals surface area contributed by atoms with Gasteiger partial charge in [-0.1, -0.05) is 25.1 Å². The molecule has 2 aromatic rings. The predicted octanol–water partition coefficient (Wildman–Crippen LogP) is 3.42. The molecule has 0 aliphatic carbocycles. The van der Waals surface area contributed by atoms with Crippen LogP contribution in [0, 0.1) is 11.7 Å². The van der Waals surface area contributed by atoms with E-state index in [-0.39, 0.29) is 24.3 Å². The molecule has 0 bridgehead atoms. The minimum Gasteiger partial charge on any atom is -0.455 e. The van der Waals surface area contributed by atoms with Gasteiger partial charge in [-0.3, -0.25) is 14.4 Å². The maximum Gasteiger partial charge on any atom is 0.309 e. The zero-order chi connectivity index (χ0) is 21.5. The number of aryl methyl sites for hydroxylation is 1. The Balaban J connectivity index is 1.44. The second-order valence-electron chi connectivity index (χ2n) is 7.24. The lowest BCUT2D eigenvalue weighted by molar-refractivity contribution is -0.152. The molecule has 0 saturated carbocycles. The van der Waals surface area contributed by atoms with Crippen molar-refractivity contribution in [2.45, 2.75) is 26.2 Å². The number of ether oxygens (including phenoxy) is 1. The second-order valence-corrected chi connectivity index (χ2v) is 7.24. The summed E-state index contributed by atoms with van der Waals surface area (Å²) in [6.07, 6.45) is 1.71. The summed E-state index contributed by atoms with van der Waals surface area (Å²) in [5.74, 6) is -1.74. The van der Waals surface area contributed by atoms with Crippen LogP contribution in [-0.4, -0.2) is 42.4 Å². The summed E-state index contributed by atoms with van der Waals surface area (Å²) in [5, 5.41) is 2.77. The number of esters is 1. The first-order valence-electron chi connectivity index (χ1n) is 10.1. The first kappa shape index (κ1) is 21.5. The van der Waals surface area contributed by atoms with Crippen LogP contribution in [0.1, 0.15) is 35.7 Å². The fraction of sp³-hybridized carbons (Fsp3) is 0.348. The number of amides is 2. The van der Waals surface area contributed by atoms with Crippen molar-refractivity contribution in [2.24, 2.45) is 5.92 Å². The molecule has 1 aliphatic rings. The Morgan fingerprint density at radius 3 is 2.40 bits per heavy atom. The number of anilines is 1. The second kappa shape index (κ2) is 10.0. The Hall–Kier alpha value is -3.22. The zero-order valence-corrected chi connectivity index (χ0v) is 16.9. The Kier molecular flexibility index (Phi) is 7.17. The maximum absolute atomic E-state index is 13.0. The van der Waals surface area contributed by atoms with E-state index >= 15 is 0 Å². The lowest BCUT2D eigenvalue weighted by Gasteiger charge is -2.31. The van der Waals surface area contributed by atoms with Gasteiger partial charge in [0.05, 0.1) is 5.92 Å². The fourth-order valence-corrected chi connectivity index (χ4v) is 3.48. The molecule has 1 heterocycles. The van der Waals surface area contributed by atoms with Crippen LogP contribution in [0.25, 0.3) is 0 Å². The topological polar surface area (TPSA) is 75.7 Å². The standard InChI is InChI=1S/C23H25FN2O4/c1-2-16-5-3-4-6-20(16)25-21(27)15-30-23(29)18-11-13-26(14-12-18)22(28)17-7-9-19(24)10-8-17/h3-10,18H,2,11-15H2,1H3,(H,25,27). The van der Waals surface area contributed by atoms with E-state index in [9.17, 15) is 18.8 Å². The number of likely N-dealkylation sites (tertiary alicyclic amines) is 1. The van der Waals surface area contributed by atoms with Crippen LogP contribution < -0.4 is 5.32 Å². The van der Waals surface area contributed by atoms with Gasteiger partial charge in [0.1, 0.15) is 5.82 Å². The van der Waals surface area contributed by atoms with Gasteiger partial charge in [0, 0.05) is 24.3 Å². The van der Waals surface area contributed by atoms with Crippen molar-refractivity contribution in [3.63, 3.8) is 0 Å².